The van der Waals surface area contributed by atoms with E-state index in [0.717, 1.165) is 31.7 Å². The molecule has 1 aromatic carbocycles. The van der Waals surface area contributed by atoms with E-state index in [0.29, 0.717) is 6.04 Å². The van der Waals surface area contributed by atoms with Crippen molar-refractivity contribution in [2.45, 2.75) is 38.8 Å². The molecule has 0 amide bonds. The molecular formula is C14H22N2O. The SMILES string of the molecule is CC(C)Oc1ccc(N2CCC(N)CC2)cc1. The van der Waals surface area contributed by atoms with Crippen LogP contribution in [0.15, 0.2) is 24.3 Å². The Morgan fingerprint density at radius 3 is 2.29 bits per heavy atom. The van der Waals surface area contributed by atoms with Crippen LogP contribution in [-0.4, -0.2) is 25.2 Å². The molecular weight excluding hydrogens is 212 g/mol. The largest absolute Gasteiger partial charge is 0.491 e. The van der Waals surface area contributed by atoms with E-state index in [1.165, 1.54) is 5.69 Å². The summed E-state index contributed by atoms with van der Waals surface area (Å²) in [5.41, 5.74) is 7.18. The summed E-state index contributed by atoms with van der Waals surface area (Å²) in [5.74, 6) is 0.942. The summed E-state index contributed by atoms with van der Waals surface area (Å²) in [6.45, 7) is 6.21. The summed E-state index contributed by atoms with van der Waals surface area (Å²) in [5, 5.41) is 0. The van der Waals surface area contributed by atoms with Gasteiger partial charge in [-0.1, -0.05) is 0 Å². The van der Waals surface area contributed by atoms with Gasteiger partial charge < -0.3 is 15.4 Å². The predicted octanol–water partition coefficient (Wildman–Crippen LogP) is 2.40. The number of piperidine rings is 1. The van der Waals surface area contributed by atoms with Gasteiger partial charge in [0, 0.05) is 24.8 Å². The van der Waals surface area contributed by atoms with E-state index in [4.69, 9.17) is 10.5 Å². The Labute approximate surface area is 104 Å². The lowest BCUT2D eigenvalue weighted by Crippen LogP contribution is -2.39. The second-order valence-electron chi connectivity index (χ2n) is 4.98. The van der Waals surface area contributed by atoms with Gasteiger partial charge in [0.1, 0.15) is 5.75 Å². The van der Waals surface area contributed by atoms with Crippen LogP contribution in [0, 0.1) is 0 Å². The lowest BCUT2D eigenvalue weighted by Gasteiger charge is -2.32. The van der Waals surface area contributed by atoms with Crippen molar-refractivity contribution in [3.8, 4) is 5.75 Å². The fourth-order valence-corrected chi connectivity index (χ4v) is 2.17. The molecule has 1 aliphatic heterocycles. The van der Waals surface area contributed by atoms with Crippen molar-refractivity contribution in [3.05, 3.63) is 24.3 Å². The first-order valence-electron chi connectivity index (χ1n) is 6.42. The summed E-state index contributed by atoms with van der Waals surface area (Å²) in [7, 11) is 0. The maximum atomic E-state index is 5.91. The first kappa shape index (κ1) is 12.2. The molecule has 2 N–H and O–H groups in total. The normalized spacial score (nSPS) is 17.5. The maximum Gasteiger partial charge on any atom is 0.119 e. The molecule has 0 bridgehead atoms. The van der Waals surface area contributed by atoms with Gasteiger partial charge in [-0.25, -0.2) is 0 Å². The Kier molecular flexibility index (Phi) is 3.89. The number of nitrogens with two attached hydrogens (primary N) is 1. The molecule has 2 rings (SSSR count). The molecule has 94 valence electrons. The van der Waals surface area contributed by atoms with Crippen molar-refractivity contribution in [3.63, 3.8) is 0 Å². The first-order chi connectivity index (χ1) is 8.15. The van der Waals surface area contributed by atoms with E-state index in [1.54, 1.807) is 0 Å². The van der Waals surface area contributed by atoms with Crippen LogP contribution in [0.25, 0.3) is 0 Å². The van der Waals surface area contributed by atoms with Crippen LogP contribution in [-0.2, 0) is 0 Å². The van der Waals surface area contributed by atoms with Gasteiger partial charge in [-0.05, 0) is 51.0 Å². The van der Waals surface area contributed by atoms with Gasteiger partial charge >= 0.3 is 0 Å². The molecule has 0 aliphatic carbocycles. The topological polar surface area (TPSA) is 38.5 Å². The lowest BCUT2D eigenvalue weighted by atomic mass is 10.1. The van der Waals surface area contributed by atoms with Gasteiger partial charge in [0.05, 0.1) is 6.10 Å². The standard InChI is InChI=1S/C14H22N2O/c1-11(2)17-14-5-3-13(4-6-14)16-9-7-12(15)8-10-16/h3-6,11-12H,7-10,15H2,1-2H3. The predicted molar refractivity (Wildman–Crippen MR) is 71.6 cm³/mol. The molecule has 1 fully saturated rings. The van der Waals surface area contributed by atoms with Crippen molar-refractivity contribution in [1.29, 1.82) is 0 Å². The Balaban J connectivity index is 1.97. The van der Waals surface area contributed by atoms with Crippen molar-refractivity contribution in [2.75, 3.05) is 18.0 Å². The van der Waals surface area contributed by atoms with E-state index in [1.807, 2.05) is 26.0 Å². The fourth-order valence-electron chi connectivity index (χ4n) is 2.17. The molecule has 0 aromatic heterocycles. The minimum absolute atomic E-state index is 0.230. The van der Waals surface area contributed by atoms with E-state index < -0.39 is 0 Å². The lowest BCUT2D eigenvalue weighted by molar-refractivity contribution is 0.242. The van der Waals surface area contributed by atoms with Crippen LogP contribution in [0.4, 0.5) is 5.69 Å². The molecule has 0 atom stereocenters. The number of rotatable bonds is 3. The summed E-state index contributed by atoms with van der Waals surface area (Å²) in [4.78, 5) is 2.39. The molecule has 1 heterocycles. The Morgan fingerprint density at radius 2 is 1.76 bits per heavy atom. The zero-order valence-electron chi connectivity index (χ0n) is 10.7. The molecule has 0 spiro atoms. The third-order valence-electron chi connectivity index (χ3n) is 3.11. The number of hydrogen-bond donors (Lipinski definition) is 1. The second-order valence-corrected chi connectivity index (χ2v) is 4.98. The van der Waals surface area contributed by atoms with E-state index in [2.05, 4.69) is 17.0 Å². The third-order valence-corrected chi connectivity index (χ3v) is 3.11. The number of benzene rings is 1. The second kappa shape index (κ2) is 5.41. The molecule has 0 saturated carbocycles. The minimum atomic E-state index is 0.230. The van der Waals surface area contributed by atoms with Gasteiger partial charge in [-0.2, -0.15) is 0 Å². The molecule has 0 radical (unpaired) electrons. The summed E-state index contributed by atoms with van der Waals surface area (Å²) >= 11 is 0. The van der Waals surface area contributed by atoms with Crippen LogP contribution in [0.5, 0.6) is 5.75 Å². The van der Waals surface area contributed by atoms with E-state index in [-0.39, 0.29) is 6.10 Å². The van der Waals surface area contributed by atoms with Crippen LogP contribution in [0.2, 0.25) is 0 Å². The molecule has 17 heavy (non-hydrogen) atoms. The van der Waals surface area contributed by atoms with E-state index in [9.17, 15) is 0 Å². The molecule has 0 unspecified atom stereocenters. The summed E-state index contributed by atoms with van der Waals surface area (Å²) in [6.07, 6.45) is 2.41. The summed E-state index contributed by atoms with van der Waals surface area (Å²) < 4.78 is 5.64. The number of ether oxygens (including phenoxy) is 1. The van der Waals surface area contributed by atoms with Gasteiger partial charge in [0.2, 0.25) is 0 Å². The molecule has 1 aliphatic rings. The van der Waals surface area contributed by atoms with Crippen LogP contribution in [0.1, 0.15) is 26.7 Å². The molecule has 1 aromatic rings. The summed E-state index contributed by atoms with van der Waals surface area (Å²) in [6, 6.07) is 8.74. The Morgan fingerprint density at radius 1 is 1.18 bits per heavy atom. The highest BCUT2D eigenvalue weighted by atomic mass is 16.5. The van der Waals surface area contributed by atoms with E-state index >= 15 is 0 Å². The maximum absolute atomic E-state index is 5.91. The molecule has 1 saturated heterocycles. The highest BCUT2D eigenvalue weighted by Gasteiger charge is 2.16. The highest BCUT2D eigenvalue weighted by Crippen LogP contribution is 2.22. The first-order valence-corrected chi connectivity index (χ1v) is 6.42. The Bertz CT molecular complexity index is 340. The molecule has 3 heteroatoms. The van der Waals surface area contributed by atoms with Crippen molar-refractivity contribution in [1.82, 2.24) is 0 Å². The molecule has 3 nitrogen and oxygen atoms in total. The van der Waals surface area contributed by atoms with Crippen LogP contribution < -0.4 is 15.4 Å². The van der Waals surface area contributed by atoms with Crippen molar-refractivity contribution in [2.24, 2.45) is 5.73 Å². The zero-order valence-corrected chi connectivity index (χ0v) is 10.7. The van der Waals surface area contributed by atoms with Crippen LogP contribution >= 0.6 is 0 Å². The Hall–Kier alpha value is -1.22. The monoisotopic (exact) mass is 234 g/mol. The number of anilines is 1. The minimum Gasteiger partial charge on any atom is -0.491 e. The smallest absolute Gasteiger partial charge is 0.119 e. The van der Waals surface area contributed by atoms with Crippen molar-refractivity contribution >= 4 is 5.69 Å². The average molecular weight is 234 g/mol. The highest BCUT2D eigenvalue weighted by molar-refractivity contribution is 5.49. The third kappa shape index (κ3) is 3.37. The van der Waals surface area contributed by atoms with Gasteiger partial charge in [0.15, 0.2) is 0 Å². The van der Waals surface area contributed by atoms with Gasteiger partial charge in [0.25, 0.3) is 0 Å². The van der Waals surface area contributed by atoms with Crippen molar-refractivity contribution < 1.29 is 4.74 Å². The fraction of sp³-hybridized carbons (Fsp3) is 0.571. The number of nitrogens with zero attached hydrogens (tertiary/aromatic N) is 1. The van der Waals surface area contributed by atoms with Crippen LogP contribution in [0.3, 0.4) is 0 Å². The quantitative estimate of drug-likeness (QED) is 0.872. The van der Waals surface area contributed by atoms with Gasteiger partial charge in [-0.3, -0.25) is 0 Å². The average Bonchev–Trinajstić information content (AvgIpc) is 2.30. The zero-order chi connectivity index (χ0) is 12.3. The number of hydrogen-bond acceptors (Lipinski definition) is 3. The van der Waals surface area contributed by atoms with Gasteiger partial charge in [-0.15, -0.1) is 0 Å².